The largest absolute Gasteiger partial charge is 0.326 e. The molecule has 90 valence electrons. The van der Waals surface area contributed by atoms with Gasteiger partial charge in [0.15, 0.2) is 0 Å². The highest BCUT2D eigenvalue weighted by Gasteiger charge is 2.26. The van der Waals surface area contributed by atoms with Crippen molar-refractivity contribution in [3.8, 4) is 0 Å². The van der Waals surface area contributed by atoms with Crippen LogP contribution in [0, 0.1) is 0 Å². The maximum absolute atomic E-state index is 6.13. The number of rotatable bonds is 3. The number of hydrogen-bond donors (Lipinski definition) is 1. The summed E-state index contributed by atoms with van der Waals surface area (Å²) in [5, 5.41) is 4.25. The summed E-state index contributed by atoms with van der Waals surface area (Å²) in [6, 6.07) is 0.483. The number of hydrogen-bond acceptors (Lipinski definition) is 3. The van der Waals surface area contributed by atoms with Crippen LogP contribution in [-0.2, 0) is 7.05 Å². The lowest BCUT2D eigenvalue weighted by Gasteiger charge is -2.36. The monoisotopic (exact) mass is 222 g/mol. The van der Waals surface area contributed by atoms with Crippen molar-refractivity contribution in [3.63, 3.8) is 0 Å². The zero-order chi connectivity index (χ0) is 11.5. The van der Waals surface area contributed by atoms with Gasteiger partial charge in [-0.05, 0) is 32.9 Å². The fourth-order valence-electron chi connectivity index (χ4n) is 2.64. The van der Waals surface area contributed by atoms with Gasteiger partial charge >= 0.3 is 0 Å². The Bertz CT molecular complexity index is 326. The van der Waals surface area contributed by atoms with E-state index in [1.807, 2.05) is 17.9 Å². The predicted molar refractivity (Wildman–Crippen MR) is 65.0 cm³/mol. The maximum Gasteiger partial charge on any atom is 0.0538 e. The van der Waals surface area contributed by atoms with Crippen molar-refractivity contribution in [1.82, 2.24) is 14.7 Å². The van der Waals surface area contributed by atoms with Gasteiger partial charge in [-0.15, -0.1) is 0 Å². The van der Waals surface area contributed by atoms with Crippen LogP contribution < -0.4 is 5.73 Å². The van der Waals surface area contributed by atoms with E-state index in [9.17, 15) is 0 Å². The molecule has 0 saturated carbocycles. The molecule has 0 radical (unpaired) electrons. The summed E-state index contributed by atoms with van der Waals surface area (Å²) >= 11 is 0. The highest BCUT2D eigenvalue weighted by Crippen LogP contribution is 2.26. The van der Waals surface area contributed by atoms with Gasteiger partial charge in [0.05, 0.1) is 12.2 Å². The highest BCUT2D eigenvalue weighted by atomic mass is 15.3. The molecule has 2 N–H and O–H groups in total. The fourth-order valence-corrected chi connectivity index (χ4v) is 2.64. The molecule has 0 aliphatic carbocycles. The second-order valence-electron chi connectivity index (χ2n) is 4.85. The molecule has 1 aliphatic rings. The number of nitrogens with two attached hydrogens (primary N) is 1. The van der Waals surface area contributed by atoms with Gasteiger partial charge in [-0.2, -0.15) is 5.10 Å². The lowest BCUT2D eigenvalue weighted by Crippen LogP contribution is -2.42. The van der Waals surface area contributed by atoms with Gasteiger partial charge in [0.25, 0.3) is 0 Å². The van der Waals surface area contributed by atoms with E-state index in [-0.39, 0.29) is 6.04 Å². The van der Waals surface area contributed by atoms with Crippen molar-refractivity contribution in [2.75, 3.05) is 13.1 Å². The summed E-state index contributed by atoms with van der Waals surface area (Å²) in [4.78, 5) is 2.51. The van der Waals surface area contributed by atoms with Gasteiger partial charge in [-0.1, -0.05) is 6.42 Å². The molecule has 4 nitrogen and oxygen atoms in total. The Hall–Kier alpha value is -0.870. The summed E-state index contributed by atoms with van der Waals surface area (Å²) in [6.45, 7) is 4.43. The first-order valence-electron chi connectivity index (χ1n) is 6.16. The smallest absolute Gasteiger partial charge is 0.0538 e. The fraction of sp³-hybridized carbons (Fsp3) is 0.750. The van der Waals surface area contributed by atoms with Gasteiger partial charge in [0.1, 0.15) is 0 Å². The molecule has 1 aromatic heterocycles. The Kier molecular flexibility index (Phi) is 3.61. The van der Waals surface area contributed by atoms with Crippen LogP contribution >= 0.6 is 0 Å². The molecule has 1 saturated heterocycles. The molecule has 16 heavy (non-hydrogen) atoms. The van der Waals surface area contributed by atoms with Crippen LogP contribution in [0.15, 0.2) is 12.4 Å². The molecule has 4 heteroatoms. The van der Waals surface area contributed by atoms with Crippen molar-refractivity contribution in [2.45, 2.75) is 38.3 Å². The topological polar surface area (TPSA) is 47.1 Å². The van der Waals surface area contributed by atoms with Crippen LogP contribution in [0.25, 0.3) is 0 Å². The van der Waals surface area contributed by atoms with Gasteiger partial charge in [0, 0.05) is 24.8 Å². The van der Waals surface area contributed by atoms with Crippen LogP contribution in [0.2, 0.25) is 0 Å². The first-order valence-corrected chi connectivity index (χ1v) is 6.16. The van der Waals surface area contributed by atoms with Crippen LogP contribution in [0.5, 0.6) is 0 Å². The van der Waals surface area contributed by atoms with Crippen molar-refractivity contribution in [3.05, 3.63) is 18.0 Å². The Balaban J connectivity index is 2.16. The number of aromatic nitrogens is 2. The predicted octanol–water partition coefficient (Wildman–Crippen LogP) is 1.29. The lowest BCUT2D eigenvalue weighted by atomic mass is 9.99. The molecule has 1 aliphatic heterocycles. The van der Waals surface area contributed by atoms with E-state index >= 15 is 0 Å². The minimum absolute atomic E-state index is 0.155. The second kappa shape index (κ2) is 4.97. The molecule has 1 fully saturated rings. The summed E-state index contributed by atoms with van der Waals surface area (Å²) in [5.41, 5.74) is 7.38. The molecule has 0 aromatic carbocycles. The number of nitrogens with zero attached hydrogens (tertiary/aromatic N) is 3. The second-order valence-corrected chi connectivity index (χ2v) is 4.85. The molecule has 2 heterocycles. The van der Waals surface area contributed by atoms with Crippen LogP contribution in [0.4, 0.5) is 0 Å². The Labute approximate surface area is 97.4 Å². The van der Waals surface area contributed by atoms with Gasteiger partial charge in [-0.3, -0.25) is 9.58 Å². The van der Waals surface area contributed by atoms with E-state index < -0.39 is 0 Å². The zero-order valence-corrected chi connectivity index (χ0v) is 10.3. The molecule has 2 rings (SSSR count). The molecule has 1 aromatic rings. The van der Waals surface area contributed by atoms with Gasteiger partial charge in [-0.25, -0.2) is 0 Å². The third kappa shape index (κ3) is 2.44. The first-order chi connectivity index (χ1) is 7.68. The summed E-state index contributed by atoms with van der Waals surface area (Å²) in [7, 11) is 1.96. The average Bonchev–Trinajstić information content (AvgIpc) is 2.66. The summed E-state index contributed by atoms with van der Waals surface area (Å²) < 4.78 is 1.86. The highest BCUT2D eigenvalue weighted by molar-refractivity contribution is 5.13. The third-order valence-corrected chi connectivity index (χ3v) is 3.35. The first kappa shape index (κ1) is 11.6. The van der Waals surface area contributed by atoms with Crippen molar-refractivity contribution in [2.24, 2.45) is 12.8 Å². The minimum Gasteiger partial charge on any atom is -0.326 e. The molecular formula is C12H22N4. The van der Waals surface area contributed by atoms with Crippen molar-refractivity contribution >= 4 is 0 Å². The minimum atomic E-state index is 0.155. The van der Waals surface area contributed by atoms with Crippen molar-refractivity contribution < 1.29 is 0 Å². The van der Waals surface area contributed by atoms with Gasteiger partial charge in [0.2, 0.25) is 0 Å². The van der Waals surface area contributed by atoms with Gasteiger partial charge < -0.3 is 5.73 Å². The van der Waals surface area contributed by atoms with E-state index in [1.165, 1.54) is 37.9 Å². The Morgan fingerprint density at radius 2 is 2.00 bits per heavy atom. The summed E-state index contributed by atoms with van der Waals surface area (Å²) in [5.74, 6) is 0. The zero-order valence-electron chi connectivity index (χ0n) is 10.3. The standard InChI is InChI=1S/C12H22N4/c1-10(13)12(11-8-14-15(2)9-11)16-6-4-3-5-7-16/h8-10,12H,3-7,13H2,1-2H3. The quantitative estimate of drug-likeness (QED) is 0.838. The van der Waals surface area contributed by atoms with E-state index in [0.717, 1.165) is 0 Å². The van der Waals surface area contributed by atoms with Crippen LogP contribution in [-0.4, -0.2) is 33.8 Å². The number of piperidine rings is 1. The summed E-state index contributed by atoms with van der Waals surface area (Å²) in [6.07, 6.45) is 7.98. The van der Waals surface area contributed by atoms with Crippen LogP contribution in [0.3, 0.4) is 0 Å². The molecule has 0 amide bonds. The molecule has 0 spiro atoms. The molecule has 2 unspecified atom stereocenters. The SMILES string of the molecule is CC(N)C(c1cnn(C)c1)N1CCCCC1. The number of aryl methyl sites for hydroxylation is 1. The molecule has 2 atom stereocenters. The number of likely N-dealkylation sites (tertiary alicyclic amines) is 1. The average molecular weight is 222 g/mol. The Morgan fingerprint density at radius 1 is 1.31 bits per heavy atom. The molecular weight excluding hydrogens is 200 g/mol. The maximum atomic E-state index is 6.13. The van der Waals surface area contributed by atoms with E-state index in [2.05, 4.69) is 23.1 Å². The lowest BCUT2D eigenvalue weighted by molar-refractivity contribution is 0.146. The van der Waals surface area contributed by atoms with E-state index in [1.54, 1.807) is 0 Å². The van der Waals surface area contributed by atoms with E-state index in [0.29, 0.717) is 6.04 Å². The molecule has 0 bridgehead atoms. The normalized spacial score (nSPS) is 21.9. The van der Waals surface area contributed by atoms with Crippen molar-refractivity contribution in [1.29, 1.82) is 0 Å². The van der Waals surface area contributed by atoms with E-state index in [4.69, 9.17) is 5.73 Å². The Morgan fingerprint density at radius 3 is 2.50 bits per heavy atom. The van der Waals surface area contributed by atoms with Crippen LogP contribution in [0.1, 0.15) is 37.8 Å². The third-order valence-electron chi connectivity index (χ3n) is 3.35.